The molecule has 0 aliphatic heterocycles. The van der Waals surface area contributed by atoms with E-state index in [1.54, 1.807) is 0 Å². The van der Waals surface area contributed by atoms with Gasteiger partial charge in [0.05, 0.1) is 0 Å². The van der Waals surface area contributed by atoms with Gasteiger partial charge in [0.25, 0.3) is 0 Å². The van der Waals surface area contributed by atoms with Crippen LogP contribution in [-0.2, 0) is 0 Å². The average Bonchev–Trinajstić information content (AvgIpc) is 0. The van der Waals surface area contributed by atoms with E-state index < -0.39 is 0 Å². The summed E-state index contributed by atoms with van der Waals surface area (Å²) in [6.07, 6.45) is 0. The third-order valence-electron chi connectivity index (χ3n) is 0. The van der Waals surface area contributed by atoms with E-state index in [4.69, 9.17) is 0 Å². The van der Waals surface area contributed by atoms with E-state index >= 15 is 0 Å². The first-order valence-electron chi connectivity index (χ1n) is 0. The largest absolute Gasteiger partial charge is 0.197 e. The van der Waals surface area contributed by atoms with Gasteiger partial charge in [-0.2, -0.15) is 13.5 Å². The summed E-state index contributed by atoms with van der Waals surface area (Å²) in [5, 5.41) is 0. The van der Waals surface area contributed by atoms with Crippen molar-refractivity contribution in [3.63, 3.8) is 0 Å². The Hall–Kier alpha value is 3.53. The molecular formula is H2BaSSbTe. The van der Waals surface area contributed by atoms with E-state index in [1.165, 1.54) is 0 Å². The van der Waals surface area contributed by atoms with Gasteiger partial charge in [0.1, 0.15) is 0 Å². The monoisotopic (exact) mass is 423 g/mol. The van der Waals surface area contributed by atoms with Gasteiger partial charge in [-0.05, 0) is 0 Å². The van der Waals surface area contributed by atoms with Gasteiger partial charge in [-0.3, -0.25) is 0 Å². The van der Waals surface area contributed by atoms with Crippen molar-refractivity contribution in [2.45, 2.75) is 0 Å². The minimum absolute atomic E-state index is 0. The standard InChI is InChI=1S/Ba.H2S.Sb.Te/h;1H2;;. The molecular weight excluding hydrogens is 419 g/mol. The van der Waals surface area contributed by atoms with Crippen molar-refractivity contribution in [3.8, 4) is 0 Å². The summed E-state index contributed by atoms with van der Waals surface area (Å²) < 4.78 is 0. The van der Waals surface area contributed by atoms with Crippen molar-refractivity contribution in [1.29, 1.82) is 0 Å². The molecule has 0 unspecified atom stereocenters. The molecule has 0 spiro atoms. The van der Waals surface area contributed by atoms with Crippen molar-refractivity contribution in [2.75, 3.05) is 0 Å². The second-order valence-electron chi connectivity index (χ2n) is 0. The molecule has 0 saturated heterocycles. The number of rotatable bonds is 0. The van der Waals surface area contributed by atoms with Crippen molar-refractivity contribution in [1.82, 2.24) is 0 Å². The van der Waals surface area contributed by atoms with Gasteiger partial charge < -0.3 is 0 Å². The molecule has 0 fully saturated rings. The first-order chi connectivity index (χ1) is 0. The summed E-state index contributed by atoms with van der Waals surface area (Å²) in [6, 6.07) is 0. The summed E-state index contributed by atoms with van der Waals surface area (Å²) in [5.74, 6) is 0. The van der Waals surface area contributed by atoms with Crippen LogP contribution in [0.5, 0.6) is 0 Å². The maximum Gasteiger partial charge on any atom is 0 e. The summed E-state index contributed by atoms with van der Waals surface area (Å²) in [6.45, 7) is 0. The van der Waals surface area contributed by atoms with E-state index in [9.17, 15) is 0 Å². The van der Waals surface area contributed by atoms with E-state index in [1.807, 2.05) is 0 Å². The van der Waals surface area contributed by atoms with Crippen molar-refractivity contribution < 1.29 is 0 Å². The zero-order chi connectivity index (χ0) is 0. The summed E-state index contributed by atoms with van der Waals surface area (Å²) in [5.41, 5.74) is 0. The van der Waals surface area contributed by atoms with Crippen LogP contribution >= 0.6 is 13.5 Å². The van der Waals surface area contributed by atoms with Crippen molar-refractivity contribution in [3.05, 3.63) is 0 Å². The van der Waals surface area contributed by atoms with Crippen LogP contribution in [0.1, 0.15) is 0 Å². The van der Waals surface area contributed by atoms with Gasteiger partial charge >= 0.3 is 0 Å². The molecule has 0 aliphatic carbocycles. The van der Waals surface area contributed by atoms with Crippen LogP contribution < -0.4 is 0 Å². The number of hydrogen-bond acceptors (Lipinski definition) is 0. The zero-order valence-corrected chi connectivity index (χ0v) is 12.4. The summed E-state index contributed by atoms with van der Waals surface area (Å²) >= 11 is 0. The second-order valence-corrected chi connectivity index (χ2v) is 0. The molecule has 0 bridgehead atoms. The van der Waals surface area contributed by atoms with Gasteiger partial charge in [-0.25, -0.2) is 0 Å². The van der Waals surface area contributed by atoms with Gasteiger partial charge in [0, 0.05) is 97.0 Å². The van der Waals surface area contributed by atoms with Gasteiger partial charge in [-0.15, -0.1) is 0 Å². The Labute approximate surface area is 108 Å². The molecule has 0 aromatic carbocycles. The molecule has 0 aromatic heterocycles. The van der Waals surface area contributed by atoms with E-state index in [0.717, 1.165) is 0 Å². The first kappa shape index (κ1) is 25.8. The number of hydrogen-bond donors (Lipinski definition) is 0. The smallest absolute Gasteiger partial charge is 0 e. The molecule has 0 atom stereocenters. The normalized spacial score (nSPS) is 0. The molecule has 21 valence electrons. The van der Waals surface area contributed by atoms with E-state index in [2.05, 4.69) is 0 Å². The molecule has 0 heterocycles. The molecule has 0 saturated carbocycles. The topological polar surface area (TPSA) is 0 Å². The fourth-order valence-corrected chi connectivity index (χ4v) is 0. The van der Waals surface area contributed by atoms with Crippen LogP contribution in [0, 0.1) is 0 Å². The SMILES string of the molecule is S.[Ba].[Sb].[Te]. The molecule has 4 heteroatoms. The van der Waals surface area contributed by atoms with Crippen LogP contribution in [0.15, 0.2) is 0 Å². The second kappa shape index (κ2) is 16.0. The Balaban J connectivity index is 0. The summed E-state index contributed by atoms with van der Waals surface area (Å²) in [7, 11) is 0. The zero-order valence-electron chi connectivity index (χ0n) is 2.06. The fourth-order valence-electron chi connectivity index (χ4n) is 0. The Kier molecular flexibility index (Phi) is 103. The van der Waals surface area contributed by atoms with Crippen molar-refractivity contribution >= 4 is 110 Å². The minimum atomic E-state index is 0. The maximum atomic E-state index is 0. The fraction of sp³-hybridized carbons (Fsp3) is 0. The maximum absolute atomic E-state index is 0. The Morgan fingerprint density at radius 2 is 1.00 bits per heavy atom. The molecule has 7 radical (unpaired) electrons. The predicted octanol–water partition coefficient (Wildman–Crippen LogP) is -1.03. The third kappa shape index (κ3) is 9.11. The molecule has 0 N–H and O–H groups in total. The first-order valence-corrected chi connectivity index (χ1v) is 0. The van der Waals surface area contributed by atoms with Crippen LogP contribution in [0.3, 0.4) is 0 Å². The van der Waals surface area contributed by atoms with Crippen molar-refractivity contribution in [2.24, 2.45) is 0 Å². The summed E-state index contributed by atoms with van der Waals surface area (Å²) in [4.78, 5) is 0. The molecule has 0 nitrogen and oxygen atoms in total. The third-order valence-corrected chi connectivity index (χ3v) is 0. The van der Waals surface area contributed by atoms with E-state index in [-0.39, 0.29) is 110 Å². The Bertz CT molecular complexity index is 8.00. The van der Waals surface area contributed by atoms with Gasteiger partial charge in [0.2, 0.25) is 0 Å². The van der Waals surface area contributed by atoms with Crippen LogP contribution in [-0.4, -0.2) is 97.0 Å². The molecule has 4 heavy (non-hydrogen) atoms. The van der Waals surface area contributed by atoms with Gasteiger partial charge in [0.15, 0.2) is 0 Å². The average molecular weight is 421 g/mol. The Morgan fingerprint density at radius 3 is 1.00 bits per heavy atom. The molecule has 0 amide bonds. The predicted molar refractivity (Wildman–Crippen MR) is 27.6 cm³/mol. The minimum Gasteiger partial charge on any atom is -0.197 e. The Morgan fingerprint density at radius 1 is 1.00 bits per heavy atom. The van der Waals surface area contributed by atoms with E-state index in [0.29, 0.717) is 0 Å². The molecule has 0 aromatic rings. The quantitative estimate of drug-likeness (QED) is 0.440. The van der Waals surface area contributed by atoms with Gasteiger partial charge in [-0.1, -0.05) is 0 Å². The van der Waals surface area contributed by atoms with Crippen LogP contribution in [0.25, 0.3) is 0 Å². The molecule has 0 rings (SSSR count). The van der Waals surface area contributed by atoms with Crippen LogP contribution in [0.4, 0.5) is 0 Å². The molecule has 0 aliphatic rings. The van der Waals surface area contributed by atoms with Crippen LogP contribution in [0.2, 0.25) is 0 Å².